The van der Waals surface area contributed by atoms with Crippen LogP contribution in [0, 0.1) is 0 Å². The van der Waals surface area contributed by atoms with Crippen molar-refractivity contribution in [1.29, 1.82) is 0 Å². The van der Waals surface area contributed by atoms with Crippen LogP contribution in [0.2, 0.25) is 0 Å². The number of piperazine rings is 1. The van der Waals surface area contributed by atoms with E-state index in [4.69, 9.17) is 14.2 Å². The van der Waals surface area contributed by atoms with E-state index in [1.807, 2.05) is 13.8 Å². The fraction of sp³-hybridized carbons (Fsp3) is 0.579. The summed E-state index contributed by atoms with van der Waals surface area (Å²) in [4.78, 5) is 27.8. The van der Waals surface area contributed by atoms with Gasteiger partial charge in [0.25, 0.3) is 5.91 Å². The molecule has 1 aliphatic heterocycles. The molecule has 8 nitrogen and oxygen atoms in total. The Morgan fingerprint density at radius 2 is 1.70 bits per heavy atom. The molecule has 1 saturated heterocycles. The molecule has 150 valence electrons. The van der Waals surface area contributed by atoms with Crippen LogP contribution in [0.5, 0.6) is 11.5 Å². The number of carbonyl (C=O) groups is 2. The van der Waals surface area contributed by atoms with Gasteiger partial charge in [0.2, 0.25) is 0 Å². The standard InChI is InChI=1S/C19H29N3O5/c1-4-26-16-7-6-15(14-17(16)27-5-2)18(23)20-8-9-21-10-12-22(13-11-21)19(24)25-3/h6-7,14H,4-5,8-13H2,1-3H3,(H,20,23). The maximum absolute atomic E-state index is 12.4. The molecule has 0 unspecified atom stereocenters. The lowest BCUT2D eigenvalue weighted by atomic mass is 10.2. The van der Waals surface area contributed by atoms with Gasteiger partial charge in [0.15, 0.2) is 11.5 Å². The predicted molar refractivity (Wildman–Crippen MR) is 102 cm³/mol. The lowest BCUT2D eigenvalue weighted by molar-refractivity contribution is 0.0884. The van der Waals surface area contributed by atoms with Crippen molar-refractivity contribution in [3.05, 3.63) is 23.8 Å². The van der Waals surface area contributed by atoms with Crippen LogP contribution in [0.25, 0.3) is 0 Å². The van der Waals surface area contributed by atoms with Gasteiger partial charge in [-0.25, -0.2) is 4.79 Å². The molecule has 1 fully saturated rings. The van der Waals surface area contributed by atoms with Crippen molar-refractivity contribution in [3.8, 4) is 11.5 Å². The molecule has 1 aromatic carbocycles. The van der Waals surface area contributed by atoms with Crippen molar-refractivity contribution in [1.82, 2.24) is 15.1 Å². The topological polar surface area (TPSA) is 80.3 Å². The molecule has 2 rings (SSSR count). The zero-order chi connectivity index (χ0) is 19.6. The highest BCUT2D eigenvalue weighted by atomic mass is 16.5. The summed E-state index contributed by atoms with van der Waals surface area (Å²) in [7, 11) is 1.39. The van der Waals surface area contributed by atoms with E-state index in [9.17, 15) is 9.59 Å². The first-order valence-corrected chi connectivity index (χ1v) is 9.32. The number of hydrogen-bond donors (Lipinski definition) is 1. The van der Waals surface area contributed by atoms with Crippen LogP contribution in [0.15, 0.2) is 18.2 Å². The van der Waals surface area contributed by atoms with E-state index >= 15 is 0 Å². The van der Waals surface area contributed by atoms with Crippen LogP contribution in [0.3, 0.4) is 0 Å². The molecule has 0 spiro atoms. The summed E-state index contributed by atoms with van der Waals surface area (Å²) in [5.41, 5.74) is 0.539. The molecule has 1 aromatic rings. The Kier molecular flexibility index (Phi) is 8.19. The molecular formula is C19H29N3O5. The highest BCUT2D eigenvalue weighted by Crippen LogP contribution is 2.28. The molecule has 0 bridgehead atoms. The summed E-state index contributed by atoms with van der Waals surface area (Å²) < 4.78 is 15.8. The molecular weight excluding hydrogens is 350 g/mol. The number of methoxy groups -OCH3 is 1. The normalized spacial score (nSPS) is 14.6. The van der Waals surface area contributed by atoms with Crippen molar-refractivity contribution in [2.75, 3.05) is 59.6 Å². The quantitative estimate of drug-likeness (QED) is 0.739. The van der Waals surface area contributed by atoms with Gasteiger partial charge >= 0.3 is 6.09 Å². The van der Waals surface area contributed by atoms with Crippen molar-refractivity contribution in [2.24, 2.45) is 0 Å². The third kappa shape index (κ3) is 6.02. The molecule has 0 aliphatic carbocycles. The fourth-order valence-electron chi connectivity index (χ4n) is 2.91. The highest BCUT2D eigenvalue weighted by Gasteiger charge is 2.21. The second-order valence-electron chi connectivity index (χ2n) is 6.08. The van der Waals surface area contributed by atoms with E-state index < -0.39 is 0 Å². The molecule has 0 atom stereocenters. The molecule has 27 heavy (non-hydrogen) atoms. The first kappa shape index (κ1) is 20.8. The second-order valence-corrected chi connectivity index (χ2v) is 6.08. The number of nitrogens with zero attached hydrogens (tertiary/aromatic N) is 2. The van der Waals surface area contributed by atoms with Crippen LogP contribution in [0.4, 0.5) is 4.79 Å². The first-order valence-electron chi connectivity index (χ1n) is 9.32. The van der Waals surface area contributed by atoms with E-state index in [1.54, 1.807) is 23.1 Å². The predicted octanol–water partition coefficient (Wildman–Crippen LogP) is 1.60. The van der Waals surface area contributed by atoms with Crippen molar-refractivity contribution in [2.45, 2.75) is 13.8 Å². The Labute approximate surface area is 160 Å². The maximum atomic E-state index is 12.4. The summed E-state index contributed by atoms with van der Waals surface area (Å²) in [6, 6.07) is 5.20. The average Bonchev–Trinajstić information content (AvgIpc) is 2.69. The van der Waals surface area contributed by atoms with Gasteiger partial charge in [-0.3, -0.25) is 9.69 Å². The number of carbonyl (C=O) groups excluding carboxylic acids is 2. The first-order chi connectivity index (χ1) is 13.1. The SMILES string of the molecule is CCOc1ccc(C(=O)NCCN2CCN(C(=O)OC)CC2)cc1OCC. The van der Waals surface area contributed by atoms with E-state index in [0.717, 1.165) is 19.6 Å². The smallest absolute Gasteiger partial charge is 0.409 e. The molecule has 0 radical (unpaired) electrons. The van der Waals surface area contributed by atoms with E-state index in [2.05, 4.69) is 10.2 Å². The van der Waals surface area contributed by atoms with Gasteiger partial charge in [-0.05, 0) is 32.0 Å². The van der Waals surface area contributed by atoms with E-state index in [1.165, 1.54) is 7.11 Å². The zero-order valence-corrected chi connectivity index (χ0v) is 16.3. The van der Waals surface area contributed by atoms with Gasteiger partial charge in [0.1, 0.15) is 0 Å². The monoisotopic (exact) mass is 379 g/mol. The lowest BCUT2D eigenvalue weighted by Gasteiger charge is -2.33. The number of nitrogens with one attached hydrogen (secondary N) is 1. The van der Waals surface area contributed by atoms with E-state index in [-0.39, 0.29) is 12.0 Å². The van der Waals surface area contributed by atoms with Gasteiger partial charge in [-0.2, -0.15) is 0 Å². The maximum Gasteiger partial charge on any atom is 0.409 e. The van der Waals surface area contributed by atoms with Crippen molar-refractivity contribution in [3.63, 3.8) is 0 Å². The van der Waals surface area contributed by atoms with Crippen LogP contribution < -0.4 is 14.8 Å². The van der Waals surface area contributed by atoms with Gasteiger partial charge in [0, 0.05) is 44.8 Å². The van der Waals surface area contributed by atoms with Crippen LogP contribution in [-0.2, 0) is 4.74 Å². The Balaban J connectivity index is 1.80. The highest BCUT2D eigenvalue weighted by molar-refractivity contribution is 5.94. The minimum Gasteiger partial charge on any atom is -0.490 e. The Morgan fingerprint density at radius 3 is 2.33 bits per heavy atom. The van der Waals surface area contributed by atoms with Gasteiger partial charge in [0.05, 0.1) is 20.3 Å². The van der Waals surface area contributed by atoms with Crippen molar-refractivity contribution < 1.29 is 23.8 Å². The molecule has 1 aliphatic rings. The van der Waals surface area contributed by atoms with Crippen LogP contribution >= 0.6 is 0 Å². The molecule has 8 heteroatoms. The third-order valence-corrected chi connectivity index (χ3v) is 4.32. The van der Waals surface area contributed by atoms with Crippen LogP contribution in [0.1, 0.15) is 24.2 Å². The average molecular weight is 379 g/mol. The summed E-state index contributed by atoms with van der Waals surface area (Å²) in [6.07, 6.45) is -0.288. The number of amides is 2. The minimum absolute atomic E-state index is 0.146. The Bertz CT molecular complexity index is 630. The fourth-order valence-corrected chi connectivity index (χ4v) is 2.91. The van der Waals surface area contributed by atoms with Gasteiger partial charge in [-0.1, -0.05) is 0 Å². The molecule has 0 saturated carbocycles. The second kappa shape index (κ2) is 10.6. The minimum atomic E-state index is -0.288. The zero-order valence-electron chi connectivity index (χ0n) is 16.3. The lowest BCUT2D eigenvalue weighted by Crippen LogP contribution is -2.50. The number of benzene rings is 1. The summed E-state index contributed by atoms with van der Waals surface area (Å²) >= 11 is 0. The van der Waals surface area contributed by atoms with Crippen molar-refractivity contribution >= 4 is 12.0 Å². The molecule has 1 N–H and O–H groups in total. The molecule has 0 aromatic heterocycles. The third-order valence-electron chi connectivity index (χ3n) is 4.32. The Hall–Kier alpha value is -2.48. The summed E-state index contributed by atoms with van der Waals surface area (Å²) in [6.45, 7) is 8.91. The van der Waals surface area contributed by atoms with E-state index in [0.29, 0.717) is 49.9 Å². The number of ether oxygens (including phenoxy) is 3. The number of rotatable bonds is 8. The molecule has 1 heterocycles. The van der Waals surface area contributed by atoms with Gasteiger partial charge < -0.3 is 24.4 Å². The van der Waals surface area contributed by atoms with Gasteiger partial charge in [-0.15, -0.1) is 0 Å². The Morgan fingerprint density at radius 1 is 1.04 bits per heavy atom. The summed E-state index contributed by atoms with van der Waals surface area (Å²) in [5, 5.41) is 2.93. The summed E-state index contributed by atoms with van der Waals surface area (Å²) in [5.74, 6) is 1.07. The number of hydrogen-bond acceptors (Lipinski definition) is 6. The van der Waals surface area contributed by atoms with Crippen LogP contribution in [-0.4, -0.2) is 81.4 Å². The largest absolute Gasteiger partial charge is 0.490 e. The molecule has 2 amide bonds.